The number of fused-ring (bicyclic) bond motifs is 2. The number of hydroxylamine groups is 2. The number of para-hydroxylation sites is 1. The summed E-state index contributed by atoms with van der Waals surface area (Å²) in [5.74, 6) is 0.180. The molecule has 12 nitrogen and oxygen atoms in total. The number of carbonyl (C=O) groups is 3. The van der Waals surface area contributed by atoms with Crippen LogP contribution in [0.5, 0.6) is 5.75 Å². The van der Waals surface area contributed by atoms with E-state index in [1.807, 2.05) is 57.1 Å². The van der Waals surface area contributed by atoms with Gasteiger partial charge in [-0.3, -0.25) is 19.2 Å². The molecule has 1 aliphatic heterocycles. The topological polar surface area (TPSA) is 167 Å². The maximum Gasteiger partial charge on any atom is 0.252 e. The van der Waals surface area contributed by atoms with Crippen molar-refractivity contribution in [1.82, 2.24) is 15.7 Å². The van der Waals surface area contributed by atoms with Crippen molar-refractivity contribution >= 4 is 23.4 Å². The Morgan fingerprint density at radius 1 is 1.13 bits per heavy atom. The Morgan fingerprint density at radius 2 is 1.85 bits per heavy atom. The zero-order chi connectivity index (χ0) is 38.2. The number of aliphatic hydroxyl groups excluding tert-OH is 2. The molecule has 3 amide bonds. The third kappa shape index (κ3) is 7.81. The second-order valence-electron chi connectivity index (χ2n) is 16.5. The van der Waals surface area contributed by atoms with Gasteiger partial charge in [0, 0.05) is 48.4 Å². The summed E-state index contributed by atoms with van der Waals surface area (Å²) in [6.07, 6.45) is 0.818. The fraction of sp³-hybridized carbons (Fsp3) is 0.625. The number of carbonyl (C=O) groups excluding carboxylic acids is 3. The van der Waals surface area contributed by atoms with Gasteiger partial charge in [-0.2, -0.15) is 5.06 Å². The van der Waals surface area contributed by atoms with Crippen molar-refractivity contribution in [1.29, 1.82) is 0 Å². The number of rotatable bonds is 14. The summed E-state index contributed by atoms with van der Waals surface area (Å²) in [4.78, 5) is 48.0. The lowest BCUT2D eigenvalue weighted by molar-refractivity contribution is -0.183. The second kappa shape index (κ2) is 15.7. The van der Waals surface area contributed by atoms with E-state index in [9.17, 15) is 24.6 Å². The molecule has 4 aliphatic rings. The lowest BCUT2D eigenvalue weighted by Gasteiger charge is -2.62. The van der Waals surface area contributed by atoms with Crippen molar-refractivity contribution in [3.8, 4) is 16.9 Å². The molecule has 52 heavy (non-hydrogen) atoms. The minimum atomic E-state index is -0.921. The molecule has 1 heterocycles. The summed E-state index contributed by atoms with van der Waals surface area (Å²) in [7, 11) is 5.32. The van der Waals surface area contributed by atoms with E-state index in [0.717, 1.165) is 12.1 Å². The van der Waals surface area contributed by atoms with Crippen molar-refractivity contribution in [2.75, 3.05) is 32.7 Å². The Balaban J connectivity index is 1.46. The average molecular weight is 722 g/mol. The highest BCUT2D eigenvalue weighted by molar-refractivity contribution is 5.99. The number of methoxy groups -OCH3 is 1. The monoisotopic (exact) mass is 721 g/mol. The van der Waals surface area contributed by atoms with Gasteiger partial charge in [0.25, 0.3) is 5.91 Å². The lowest BCUT2D eigenvalue weighted by atomic mass is 9.45. The molecule has 6 N–H and O–H groups in total. The van der Waals surface area contributed by atoms with Gasteiger partial charge in [-0.15, -0.1) is 0 Å². The second-order valence-corrected chi connectivity index (χ2v) is 16.5. The van der Waals surface area contributed by atoms with E-state index in [-0.39, 0.29) is 36.4 Å². The van der Waals surface area contributed by atoms with Gasteiger partial charge in [-0.25, -0.2) is 0 Å². The molecule has 6 rings (SSSR count). The maximum absolute atomic E-state index is 14.2. The molecule has 4 fully saturated rings. The van der Waals surface area contributed by atoms with Crippen molar-refractivity contribution < 1.29 is 34.2 Å². The summed E-state index contributed by atoms with van der Waals surface area (Å²) in [5.41, 5.74) is 9.13. The SMILES string of the molecule is COc1c(CN2O[C@@H](CO)[C@@H]([C@H](C)O)[C@H]2C(=O)N[C@H]2C[C@H]3C[C@@H]([C@@H]2C)C3(C)C)cccc1-c1cc(C(=O)N[C@@H](CC(C)C)C(N)=O)cc(N(C)C)c1. The summed E-state index contributed by atoms with van der Waals surface area (Å²) in [6, 6.07) is 9.46. The summed E-state index contributed by atoms with van der Waals surface area (Å²) < 4.78 is 6.02. The van der Waals surface area contributed by atoms with Crippen LogP contribution in [0.15, 0.2) is 36.4 Å². The predicted molar refractivity (Wildman–Crippen MR) is 200 cm³/mol. The Morgan fingerprint density at radius 3 is 2.40 bits per heavy atom. The number of nitrogens with two attached hydrogens (primary N) is 1. The van der Waals surface area contributed by atoms with E-state index in [0.29, 0.717) is 52.2 Å². The van der Waals surface area contributed by atoms with Gasteiger partial charge in [0.05, 0.1) is 26.4 Å². The van der Waals surface area contributed by atoms with Gasteiger partial charge < -0.3 is 36.2 Å². The molecule has 9 atom stereocenters. The van der Waals surface area contributed by atoms with Crippen LogP contribution >= 0.6 is 0 Å². The molecule has 0 unspecified atom stereocenters. The molecule has 0 spiro atoms. The van der Waals surface area contributed by atoms with Crippen LogP contribution in [0.25, 0.3) is 11.1 Å². The molecular formula is C40H59N5O7. The van der Waals surface area contributed by atoms with Gasteiger partial charge in [0.15, 0.2) is 0 Å². The fourth-order valence-electron chi connectivity index (χ4n) is 8.95. The normalized spacial score (nSPS) is 27.7. The fourth-order valence-corrected chi connectivity index (χ4v) is 8.95. The molecule has 12 heteroatoms. The van der Waals surface area contributed by atoms with Gasteiger partial charge in [-0.05, 0) is 79.0 Å². The third-order valence-electron chi connectivity index (χ3n) is 12.1. The van der Waals surface area contributed by atoms with E-state index < -0.39 is 42.0 Å². The average Bonchev–Trinajstić information content (AvgIpc) is 3.46. The highest BCUT2D eigenvalue weighted by Gasteiger charge is 2.57. The first-order valence-corrected chi connectivity index (χ1v) is 18.6. The number of benzene rings is 2. The number of amides is 3. The van der Waals surface area contributed by atoms with E-state index in [1.165, 1.54) is 6.42 Å². The number of hydrogen-bond donors (Lipinski definition) is 5. The van der Waals surface area contributed by atoms with Gasteiger partial charge in [-0.1, -0.05) is 52.8 Å². The smallest absolute Gasteiger partial charge is 0.252 e. The lowest BCUT2D eigenvalue weighted by Crippen LogP contribution is -2.62. The van der Waals surface area contributed by atoms with Crippen LogP contribution < -0.4 is 26.0 Å². The molecule has 1 saturated heterocycles. The number of nitrogens with zero attached hydrogens (tertiary/aromatic N) is 2. The molecule has 2 bridgehead atoms. The first kappa shape index (κ1) is 39.5. The minimum absolute atomic E-state index is 0.0193. The zero-order valence-corrected chi connectivity index (χ0v) is 32.2. The first-order chi connectivity index (χ1) is 24.5. The molecule has 286 valence electrons. The van der Waals surface area contributed by atoms with Gasteiger partial charge in [0.1, 0.15) is 23.9 Å². The van der Waals surface area contributed by atoms with Crippen LogP contribution in [0, 0.1) is 35.0 Å². The number of anilines is 1. The van der Waals surface area contributed by atoms with Crippen LogP contribution in [0.1, 0.15) is 76.7 Å². The molecule has 2 aromatic carbocycles. The molecule has 3 saturated carbocycles. The van der Waals surface area contributed by atoms with Crippen molar-refractivity contribution in [3.05, 3.63) is 47.5 Å². The third-order valence-corrected chi connectivity index (χ3v) is 12.1. The zero-order valence-electron chi connectivity index (χ0n) is 32.2. The van der Waals surface area contributed by atoms with E-state index in [4.69, 9.17) is 15.3 Å². The predicted octanol–water partition coefficient (Wildman–Crippen LogP) is 3.72. The molecular weight excluding hydrogens is 662 g/mol. The highest BCUT2D eigenvalue weighted by Crippen LogP contribution is 2.61. The molecule has 2 aromatic rings. The number of nitrogens with one attached hydrogen (secondary N) is 2. The Hall–Kier alpha value is -3.71. The van der Waals surface area contributed by atoms with Crippen molar-refractivity contribution in [2.24, 2.45) is 40.7 Å². The van der Waals surface area contributed by atoms with E-state index in [1.54, 1.807) is 31.2 Å². The highest BCUT2D eigenvalue weighted by atomic mass is 16.7. The van der Waals surface area contributed by atoms with Gasteiger partial charge >= 0.3 is 0 Å². The van der Waals surface area contributed by atoms with Crippen molar-refractivity contribution in [3.63, 3.8) is 0 Å². The number of aliphatic hydroxyl groups is 2. The molecule has 0 radical (unpaired) electrons. The Bertz CT molecular complexity index is 1630. The Kier molecular flexibility index (Phi) is 11.9. The summed E-state index contributed by atoms with van der Waals surface area (Å²) in [5, 5.41) is 28.9. The largest absolute Gasteiger partial charge is 0.496 e. The summed E-state index contributed by atoms with van der Waals surface area (Å²) in [6.45, 7) is 12.2. The molecule has 3 aliphatic carbocycles. The van der Waals surface area contributed by atoms with Crippen LogP contribution in [0.4, 0.5) is 5.69 Å². The summed E-state index contributed by atoms with van der Waals surface area (Å²) >= 11 is 0. The Labute approximate surface area is 308 Å². The number of primary amides is 1. The van der Waals surface area contributed by atoms with Crippen LogP contribution in [0.3, 0.4) is 0 Å². The van der Waals surface area contributed by atoms with Crippen molar-refractivity contribution in [2.45, 2.75) is 97.7 Å². The quantitative estimate of drug-likeness (QED) is 0.196. The van der Waals surface area contributed by atoms with Crippen LogP contribution in [0.2, 0.25) is 0 Å². The van der Waals surface area contributed by atoms with Crippen LogP contribution in [-0.4, -0.2) is 91.1 Å². The van der Waals surface area contributed by atoms with Crippen LogP contribution in [-0.2, 0) is 21.0 Å². The standard InChI is InChI=1S/C40H59N5O7/c1-21(2)13-32(37(41)48)43-38(49)26-14-25(15-28(16-26)44(7)8)29-12-10-11-24(36(29)51-9)19-45-35(34(23(4)47)33(20-46)52-45)39(50)42-31-18-27-17-30(22(31)3)40(27,5)6/h10-12,14-16,21-23,27,30-35,46-47H,13,17-20H2,1-9H3,(H2,41,48)(H,42,50)(H,43,49)/t22-,23-,27+,30-,31-,32-,33-,34+,35-/m0/s1. The van der Waals surface area contributed by atoms with Gasteiger partial charge in [0.2, 0.25) is 11.8 Å². The number of hydrogen-bond acceptors (Lipinski definition) is 9. The first-order valence-electron chi connectivity index (χ1n) is 18.6. The minimum Gasteiger partial charge on any atom is -0.496 e. The molecule has 0 aromatic heterocycles. The maximum atomic E-state index is 14.2. The van der Waals surface area contributed by atoms with E-state index >= 15 is 0 Å². The number of ether oxygens (including phenoxy) is 1. The van der Waals surface area contributed by atoms with E-state index in [2.05, 4.69) is 31.4 Å².